The Morgan fingerprint density at radius 2 is 1.95 bits per heavy atom. The van der Waals surface area contributed by atoms with Crippen molar-refractivity contribution in [3.8, 4) is 5.75 Å². The molecule has 0 heterocycles. The van der Waals surface area contributed by atoms with Crippen molar-refractivity contribution in [3.05, 3.63) is 58.6 Å². The number of rotatable bonds is 6. The summed E-state index contributed by atoms with van der Waals surface area (Å²) in [6.07, 6.45) is 1.03. The third-order valence-corrected chi connectivity index (χ3v) is 3.19. The smallest absolute Gasteiger partial charge is 0.119 e. The van der Waals surface area contributed by atoms with E-state index in [9.17, 15) is 0 Å². The van der Waals surface area contributed by atoms with Crippen LogP contribution in [-0.4, -0.2) is 6.61 Å². The van der Waals surface area contributed by atoms with Crippen molar-refractivity contribution in [2.45, 2.75) is 19.9 Å². The van der Waals surface area contributed by atoms with Crippen molar-refractivity contribution in [3.63, 3.8) is 0 Å². The summed E-state index contributed by atoms with van der Waals surface area (Å²) >= 11 is 3.47. The van der Waals surface area contributed by atoms with Crippen LogP contribution in [0.15, 0.2) is 53.0 Å². The van der Waals surface area contributed by atoms with Crippen molar-refractivity contribution in [2.24, 2.45) is 0 Å². The molecule has 19 heavy (non-hydrogen) atoms. The minimum Gasteiger partial charge on any atom is -0.494 e. The van der Waals surface area contributed by atoms with Crippen LogP contribution in [-0.2, 0) is 6.54 Å². The predicted octanol–water partition coefficient (Wildman–Crippen LogP) is 4.85. The van der Waals surface area contributed by atoms with Gasteiger partial charge in [-0.15, -0.1) is 0 Å². The molecule has 3 heteroatoms. The summed E-state index contributed by atoms with van der Waals surface area (Å²) in [5.41, 5.74) is 2.32. The maximum absolute atomic E-state index is 5.63. The van der Waals surface area contributed by atoms with E-state index >= 15 is 0 Å². The highest BCUT2D eigenvalue weighted by Gasteiger charge is 1.98. The van der Waals surface area contributed by atoms with E-state index in [0.29, 0.717) is 0 Å². The van der Waals surface area contributed by atoms with Gasteiger partial charge in [0.15, 0.2) is 0 Å². The van der Waals surface area contributed by atoms with E-state index in [2.05, 4.69) is 52.4 Å². The summed E-state index contributed by atoms with van der Waals surface area (Å²) in [5.74, 6) is 0.940. The SMILES string of the molecule is CCCOc1cccc(CNc2cccc(Br)c2)c1. The molecule has 0 saturated carbocycles. The maximum atomic E-state index is 5.63. The van der Waals surface area contributed by atoms with Crippen LogP contribution >= 0.6 is 15.9 Å². The number of ether oxygens (including phenoxy) is 1. The van der Waals surface area contributed by atoms with Gasteiger partial charge in [-0.2, -0.15) is 0 Å². The fourth-order valence-corrected chi connectivity index (χ4v) is 2.17. The molecule has 0 amide bonds. The molecule has 0 aromatic heterocycles. The molecular weight excluding hydrogens is 302 g/mol. The Morgan fingerprint density at radius 3 is 2.74 bits per heavy atom. The van der Waals surface area contributed by atoms with Gasteiger partial charge in [-0.3, -0.25) is 0 Å². The first-order chi connectivity index (χ1) is 9.28. The summed E-state index contributed by atoms with van der Waals surface area (Å²) < 4.78 is 6.71. The summed E-state index contributed by atoms with van der Waals surface area (Å²) in [4.78, 5) is 0. The van der Waals surface area contributed by atoms with Gasteiger partial charge in [0.1, 0.15) is 5.75 Å². The number of hydrogen-bond donors (Lipinski definition) is 1. The van der Waals surface area contributed by atoms with Gasteiger partial charge in [0.2, 0.25) is 0 Å². The topological polar surface area (TPSA) is 21.3 Å². The molecule has 0 spiro atoms. The zero-order chi connectivity index (χ0) is 13.5. The highest BCUT2D eigenvalue weighted by molar-refractivity contribution is 9.10. The second kappa shape index (κ2) is 7.19. The molecule has 0 unspecified atom stereocenters. The normalized spacial score (nSPS) is 10.2. The van der Waals surface area contributed by atoms with Gasteiger partial charge >= 0.3 is 0 Å². The molecule has 2 rings (SSSR count). The number of anilines is 1. The van der Waals surface area contributed by atoms with Gasteiger partial charge in [0.05, 0.1) is 6.61 Å². The third kappa shape index (κ3) is 4.60. The first-order valence-electron chi connectivity index (χ1n) is 6.49. The molecule has 2 aromatic rings. The molecular formula is C16H18BrNO. The van der Waals surface area contributed by atoms with Gasteiger partial charge in [-0.25, -0.2) is 0 Å². The highest BCUT2D eigenvalue weighted by atomic mass is 79.9. The summed E-state index contributed by atoms with van der Waals surface area (Å²) in [6.45, 7) is 3.67. The van der Waals surface area contributed by atoms with E-state index in [1.807, 2.05) is 24.3 Å². The Bertz CT molecular complexity index is 528. The molecule has 0 atom stereocenters. The quantitative estimate of drug-likeness (QED) is 0.821. The van der Waals surface area contributed by atoms with E-state index in [1.165, 1.54) is 5.56 Å². The van der Waals surface area contributed by atoms with E-state index in [4.69, 9.17) is 4.74 Å². The van der Waals surface area contributed by atoms with Crippen molar-refractivity contribution in [1.82, 2.24) is 0 Å². The summed E-state index contributed by atoms with van der Waals surface area (Å²) in [6, 6.07) is 16.4. The molecule has 0 saturated heterocycles. The zero-order valence-corrected chi connectivity index (χ0v) is 12.6. The monoisotopic (exact) mass is 319 g/mol. The predicted molar refractivity (Wildman–Crippen MR) is 83.7 cm³/mol. The largest absolute Gasteiger partial charge is 0.494 e. The second-order valence-corrected chi connectivity index (χ2v) is 5.28. The fourth-order valence-electron chi connectivity index (χ4n) is 1.77. The molecule has 0 aliphatic carbocycles. The lowest BCUT2D eigenvalue weighted by molar-refractivity contribution is 0.317. The average Bonchev–Trinajstić information content (AvgIpc) is 2.43. The van der Waals surface area contributed by atoms with Crippen LogP contribution in [0.4, 0.5) is 5.69 Å². The fraction of sp³-hybridized carbons (Fsp3) is 0.250. The minimum atomic E-state index is 0.766. The lowest BCUT2D eigenvalue weighted by Gasteiger charge is -2.09. The van der Waals surface area contributed by atoms with Crippen LogP contribution in [0.25, 0.3) is 0 Å². The Labute approximate surface area is 122 Å². The highest BCUT2D eigenvalue weighted by Crippen LogP contribution is 2.18. The molecule has 2 nitrogen and oxygen atoms in total. The van der Waals surface area contributed by atoms with Crippen LogP contribution < -0.4 is 10.1 Å². The Hall–Kier alpha value is -1.48. The first kappa shape index (κ1) is 13.9. The van der Waals surface area contributed by atoms with Crippen molar-refractivity contribution >= 4 is 21.6 Å². The second-order valence-electron chi connectivity index (χ2n) is 4.36. The summed E-state index contributed by atoms with van der Waals surface area (Å²) in [7, 11) is 0. The molecule has 0 bridgehead atoms. The Morgan fingerprint density at radius 1 is 1.11 bits per heavy atom. The number of benzene rings is 2. The molecule has 0 fully saturated rings. The molecule has 1 N–H and O–H groups in total. The van der Waals surface area contributed by atoms with Crippen LogP contribution in [0.1, 0.15) is 18.9 Å². The molecule has 2 aromatic carbocycles. The number of nitrogens with one attached hydrogen (secondary N) is 1. The average molecular weight is 320 g/mol. The summed E-state index contributed by atoms with van der Waals surface area (Å²) in [5, 5.41) is 3.40. The Balaban J connectivity index is 1.95. The third-order valence-electron chi connectivity index (χ3n) is 2.69. The zero-order valence-electron chi connectivity index (χ0n) is 11.0. The van der Waals surface area contributed by atoms with Crippen molar-refractivity contribution < 1.29 is 4.74 Å². The lowest BCUT2D eigenvalue weighted by Crippen LogP contribution is -2.00. The van der Waals surface area contributed by atoms with E-state index in [1.54, 1.807) is 0 Å². The van der Waals surface area contributed by atoms with Crippen LogP contribution in [0.5, 0.6) is 5.75 Å². The molecule has 0 radical (unpaired) electrons. The van der Waals surface area contributed by atoms with Crippen molar-refractivity contribution in [2.75, 3.05) is 11.9 Å². The van der Waals surface area contributed by atoms with Crippen LogP contribution in [0, 0.1) is 0 Å². The van der Waals surface area contributed by atoms with Gasteiger partial charge < -0.3 is 10.1 Å². The van der Waals surface area contributed by atoms with Crippen molar-refractivity contribution in [1.29, 1.82) is 0 Å². The van der Waals surface area contributed by atoms with Gasteiger partial charge in [-0.1, -0.05) is 41.1 Å². The molecule has 100 valence electrons. The number of hydrogen-bond acceptors (Lipinski definition) is 2. The van der Waals surface area contributed by atoms with Gasteiger partial charge in [0.25, 0.3) is 0 Å². The van der Waals surface area contributed by atoms with E-state index in [-0.39, 0.29) is 0 Å². The number of halogens is 1. The van der Waals surface area contributed by atoms with Crippen LogP contribution in [0.3, 0.4) is 0 Å². The Kier molecular flexibility index (Phi) is 5.28. The van der Waals surface area contributed by atoms with E-state index < -0.39 is 0 Å². The molecule has 0 aliphatic heterocycles. The van der Waals surface area contributed by atoms with E-state index in [0.717, 1.165) is 35.5 Å². The standard InChI is InChI=1S/C16H18BrNO/c1-2-9-19-16-8-3-5-13(10-16)12-18-15-7-4-6-14(17)11-15/h3-8,10-11,18H,2,9,12H2,1H3. The minimum absolute atomic E-state index is 0.766. The van der Waals surface area contributed by atoms with Crippen LogP contribution in [0.2, 0.25) is 0 Å². The maximum Gasteiger partial charge on any atom is 0.119 e. The van der Waals surface area contributed by atoms with Gasteiger partial charge in [-0.05, 0) is 42.3 Å². The first-order valence-corrected chi connectivity index (χ1v) is 7.28. The van der Waals surface area contributed by atoms with Gasteiger partial charge in [0, 0.05) is 16.7 Å². The molecule has 0 aliphatic rings. The lowest BCUT2D eigenvalue weighted by atomic mass is 10.2.